The summed E-state index contributed by atoms with van der Waals surface area (Å²) >= 11 is 0. The minimum Gasteiger partial charge on any atom is -0.386 e. The van der Waals surface area contributed by atoms with Gasteiger partial charge < -0.3 is 9.84 Å². The van der Waals surface area contributed by atoms with Crippen LogP contribution in [0.5, 0.6) is 0 Å². The van der Waals surface area contributed by atoms with Crippen LogP contribution in [0.1, 0.15) is 30.4 Å². The first kappa shape index (κ1) is 18.2. The van der Waals surface area contributed by atoms with Crippen LogP contribution in [0.4, 0.5) is 0 Å². The van der Waals surface area contributed by atoms with Crippen LogP contribution in [0, 0.1) is 0 Å². The van der Waals surface area contributed by atoms with Gasteiger partial charge in [-0.3, -0.25) is 0 Å². The Bertz CT molecular complexity index is 632. The molecule has 2 aromatic rings. The lowest BCUT2D eigenvalue weighted by atomic mass is 9.92. The molecule has 1 N–H and O–H groups in total. The molecule has 2 unspecified atom stereocenters. The predicted molar refractivity (Wildman–Crippen MR) is 99.9 cm³/mol. The van der Waals surface area contributed by atoms with Crippen molar-refractivity contribution in [3.8, 4) is 0 Å². The second-order valence-electron chi connectivity index (χ2n) is 5.97. The fourth-order valence-corrected chi connectivity index (χ4v) is 2.60. The summed E-state index contributed by atoms with van der Waals surface area (Å²) in [4.78, 5) is 0. The molecule has 126 valence electrons. The molecule has 2 heteroatoms. The van der Waals surface area contributed by atoms with Crippen LogP contribution in [0.25, 0.3) is 0 Å². The molecule has 0 heterocycles. The summed E-state index contributed by atoms with van der Waals surface area (Å²) < 4.78 is 5.64. The highest BCUT2D eigenvalue weighted by atomic mass is 16.5. The van der Waals surface area contributed by atoms with E-state index in [0.717, 1.165) is 17.6 Å². The molecule has 24 heavy (non-hydrogen) atoms. The average molecular weight is 322 g/mol. The maximum Gasteiger partial charge on any atom is 0.0981 e. The molecule has 2 aromatic carbocycles. The molecular weight excluding hydrogens is 296 g/mol. The molecule has 0 spiro atoms. The van der Waals surface area contributed by atoms with Crippen LogP contribution in [-0.4, -0.2) is 17.8 Å². The fourth-order valence-electron chi connectivity index (χ4n) is 2.60. The number of hydrogen-bond acceptors (Lipinski definition) is 2. The highest BCUT2D eigenvalue weighted by Crippen LogP contribution is 2.24. The summed E-state index contributed by atoms with van der Waals surface area (Å²) in [6, 6.07) is 20.3. The van der Waals surface area contributed by atoms with Crippen molar-refractivity contribution in [3.05, 3.63) is 96.1 Å². The minimum atomic E-state index is -0.593. The van der Waals surface area contributed by atoms with E-state index < -0.39 is 6.10 Å². The summed E-state index contributed by atoms with van der Waals surface area (Å²) in [5, 5.41) is 10.3. The van der Waals surface area contributed by atoms with Gasteiger partial charge in [-0.1, -0.05) is 72.8 Å². The molecule has 0 aliphatic carbocycles. The first-order chi connectivity index (χ1) is 11.7. The van der Waals surface area contributed by atoms with Gasteiger partial charge in [0.05, 0.1) is 19.3 Å². The van der Waals surface area contributed by atoms with Crippen LogP contribution in [-0.2, 0) is 11.3 Å². The Morgan fingerprint density at radius 3 is 2.33 bits per heavy atom. The third-order valence-electron chi connectivity index (χ3n) is 4.03. The lowest BCUT2D eigenvalue weighted by Crippen LogP contribution is -2.17. The van der Waals surface area contributed by atoms with Crippen molar-refractivity contribution in [1.82, 2.24) is 0 Å². The van der Waals surface area contributed by atoms with E-state index in [1.54, 1.807) is 0 Å². The summed E-state index contributed by atoms with van der Waals surface area (Å²) in [6.07, 6.45) is 4.29. The molecule has 0 saturated carbocycles. The summed E-state index contributed by atoms with van der Waals surface area (Å²) in [5.74, 6) is 0.229. The van der Waals surface area contributed by atoms with E-state index in [1.807, 2.05) is 61.5 Å². The van der Waals surface area contributed by atoms with E-state index in [4.69, 9.17) is 4.74 Å². The Morgan fingerprint density at radius 2 is 1.71 bits per heavy atom. The molecule has 0 aliphatic heterocycles. The second kappa shape index (κ2) is 9.86. The third kappa shape index (κ3) is 5.80. The topological polar surface area (TPSA) is 29.5 Å². The molecule has 0 bridgehead atoms. The molecular formula is C22H26O2. The maximum atomic E-state index is 10.3. The van der Waals surface area contributed by atoms with Crippen LogP contribution in [0.2, 0.25) is 0 Å². The van der Waals surface area contributed by atoms with Crippen molar-refractivity contribution < 1.29 is 9.84 Å². The molecule has 0 aliphatic rings. The quantitative estimate of drug-likeness (QED) is 0.667. The number of aliphatic hydroxyl groups is 1. The second-order valence-corrected chi connectivity index (χ2v) is 5.97. The lowest BCUT2D eigenvalue weighted by molar-refractivity contribution is 0.0451. The number of rotatable bonds is 9. The van der Waals surface area contributed by atoms with Gasteiger partial charge in [0, 0.05) is 5.92 Å². The van der Waals surface area contributed by atoms with E-state index in [9.17, 15) is 5.11 Å². The number of ether oxygens (including phenoxy) is 1. The standard InChI is InChI=1S/C22H26O2/c1-3-10-21(20-13-8-5-9-14-20)15-18(2)22(23)17-24-16-19-11-6-4-7-12-19/h3-9,11-15,21-23H,1,10,16-17H2,2H3/b18-15+. The highest BCUT2D eigenvalue weighted by Gasteiger charge is 2.12. The molecule has 0 fully saturated rings. The largest absolute Gasteiger partial charge is 0.386 e. The van der Waals surface area contributed by atoms with Crippen LogP contribution in [0.3, 0.4) is 0 Å². The van der Waals surface area contributed by atoms with Crippen LogP contribution < -0.4 is 0 Å². The Labute approximate surface area is 145 Å². The maximum absolute atomic E-state index is 10.3. The number of hydrogen-bond donors (Lipinski definition) is 1. The highest BCUT2D eigenvalue weighted by molar-refractivity contribution is 5.27. The zero-order chi connectivity index (χ0) is 17.2. The van der Waals surface area contributed by atoms with Crippen LogP contribution >= 0.6 is 0 Å². The third-order valence-corrected chi connectivity index (χ3v) is 4.03. The Morgan fingerprint density at radius 1 is 1.08 bits per heavy atom. The van der Waals surface area contributed by atoms with Gasteiger partial charge in [0.25, 0.3) is 0 Å². The Balaban J connectivity index is 1.93. The van der Waals surface area contributed by atoms with Gasteiger partial charge in [-0.05, 0) is 30.0 Å². The molecule has 0 amide bonds. The Hall–Kier alpha value is -2.16. The normalized spacial score (nSPS) is 14.2. The predicted octanol–water partition coefficient (Wildman–Crippen LogP) is 4.87. The summed E-state index contributed by atoms with van der Waals surface area (Å²) in [6.45, 7) is 6.61. The van der Waals surface area contributed by atoms with E-state index in [-0.39, 0.29) is 5.92 Å². The minimum absolute atomic E-state index is 0.229. The SMILES string of the molecule is C=CCC(/C=C(\C)C(O)COCc1ccccc1)c1ccccc1. The number of benzene rings is 2. The van der Waals surface area contributed by atoms with Gasteiger partial charge in [-0.25, -0.2) is 0 Å². The summed E-state index contributed by atoms with van der Waals surface area (Å²) in [5.41, 5.74) is 3.27. The number of allylic oxidation sites excluding steroid dienone is 2. The first-order valence-corrected chi connectivity index (χ1v) is 8.34. The molecule has 0 aromatic heterocycles. The van der Waals surface area contributed by atoms with Gasteiger partial charge >= 0.3 is 0 Å². The van der Waals surface area contributed by atoms with Gasteiger partial charge in [-0.15, -0.1) is 6.58 Å². The molecule has 2 atom stereocenters. The van der Waals surface area contributed by atoms with Gasteiger partial charge in [0.2, 0.25) is 0 Å². The van der Waals surface area contributed by atoms with Crippen molar-refractivity contribution in [3.63, 3.8) is 0 Å². The number of aliphatic hydroxyl groups excluding tert-OH is 1. The van der Waals surface area contributed by atoms with E-state index in [2.05, 4.69) is 24.8 Å². The molecule has 0 saturated heterocycles. The summed E-state index contributed by atoms with van der Waals surface area (Å²) in [7, 11) is 0. The van der Waals surface area contributed by atoms with Crippen molar-refractivity contribution >= 4 is 0 Å². The zero-order valence-electron chi connectivity index (χ0n) is 14.3. The van der Waals surface area contributed by atoms with Crippen molar-refractivity contribution in [1.29, 1.82) is 0 Å². The van der Waals surface area contributed by atoms with Gasteiger partial charge in [0.15, 0.2) is 0 Å². The average Bonchev–Trinajstić information content (AvgIpc) is 2.63. The first-order valence-electron chi connectivity index (χ1n) is 8.34. The lowest BCUT2D eigenvalue weighted by Gasteiger charge is -2.16. The van der Waals surface area contributed by atoms with Crippen LogP contribution in [0.15, 0.2) is 85.0 Å². The van der Waals surface area contributed by atoms with Crippen molar-refractivity contribution in [2.24, 2.45) is 0 Å². The molecule has 0 radical (unpaired) electrons. The van der Waals surface area contributed by atoms with Gasteiger partial charge in [-0.2, -0.15) is 0 Å². The Kier molecular flexibility index (Phi) is 7.47. The van der Waals surface area contributed by atoms with Gasteiger partial charge in [0.1, 0.15) is 0 Å². The molecule has 2 nitrogen and oxygen atoms in total. The molecule has 2 rings (SSSR count). The van der Waals surface area contributed by atoms with E-state index in [1.165, 1.54) is 5.56 Å². The van der Waals surface area contributed by atoms with Crippen molar-refractivity contribution in [2.45, 2.75) is 32.0 Å². The smallest absolute Gasteiger partial charge is 0.0981 e. The zero-order valence-corrected chi connectivity index (χ0v) is 14.3. The fraction of sp³-hybridized carbons (Fsp3) is 0.273. The monoisotopic (exact) mass is 322 g/mol. The van der Waals surface area contributed by atoms with Crippen molar-refractivity contribution in [2.75, 3.05) is 6.61 Å². The van der Waals surface area contributed by atoms with E-state index in [0.29, 0.717) is 13.2 Å². The van der Waals surface area contributed by atoms with E-state index >= 15 is 0 Å².